The molecule has 29 heavy (non-hydrogen) atoms. The van der Waals surface area contributed by atoms with E-state index in [-0.39, 0.29) is 0 Å². The van der Waals surface area contributed by atoms with Gasteiger partial charge in [0.05, 0.1) is 18.9 Å². The molecule has 2 heterocycles. The van der Waals surface area contributed by atoms with Crippen LogP contribution in [0.15, 0.2) is 48.5 Å². The summed E-state index contributed by atoms with van der Waals surface area (Å²) >= 11 is 11.7. The molecule has 5 nitrogen and oxygen atoms in total. The van der Waals surface area contributed by atoms with Crippen LogP contribution in [-0.2, 0) is 6.67 Å². The maximum Gasteiger partial charge on any atom is 0.128 e. The highest BCUT2D eigenvalue weighted by Crippen LogP contribution is 2.36. The number of nitrogens with one attached hydrogen (secondary N) is 1. The van der Waals surface area contributed by atoms with Crippen LogP contribution in [0.1, 0.15) is 16.7 Å². The van der Waals surface area contributed by atoms with E-state index in [2.05, 4.69) is 34.5 Å². The Morgan fingerprint density at radius 1 is 1.00 bits per heavy atom. The number of aryl methyl sites for hydroxylation is 1. The van der Waals surface area contributed by atoms with Crippen molar-refractivity contribution in [1.82, 2.24) is 4.57 Å². The number of pyridine rings is 1. The lowest BCUT2D eigenvalue weighted by molar-refractivity contribution is 0.612. The van der Waals surface area contributed by atoms with E-state index in [0.29, 0.717) is 45.5 Å². The lowest BCUT2D eigenvalue weighted by Gasteiger charge is -2.34. The topological polar surface area (TPSA) is 67.8 Å². The van der Waals surface area contributed by atoms with Gasteiger partial charge in [-0.1, -0.05) is 53.6 Å². The second kappa shape index (κ2) is 7.60. The highest BCUT2D eigenvalue weighted by Gasteiger charge is 2.25. The summed E-state index contributed by atoms with van der Waals surface area (Å²) in [5.41, 5.74) is 4.21. The summed E-state index contributed by atoms with van der Waals surface area (Å²) in [5.74, 6) is 0.629. The zero-order valence-electron chi connectivity index (χ0n) is 15.6. The molecule has 1 aliphatic rings. The minimum Gasteiger partial charge on any atom is -0.353 e. The standard InChI is InChI=1S/C22H16ClN5S/c1-14-2-8-17(9-3-14)27-12-26-21-18(10-24)20(15-4-6-16(23)7-5-15)19(11-25)22(29)28(21)13-27/h2-9,26H,12-13H2,1H3. The third-order valence-electron chi connectivity index (χ3n) is 4.97. The average Bonchev–Trinajstić information content (AvgIpc) is 2.74. The van der Waals surface area contributed by atoms with Crippen molar-refractivity contribution in [2.24, 2.45) is 0 Å². The van der Waals surface area contributed by atoms with Gasteiger partial charge in [0.1, 0.15) is 28.2 Å². The van der Waals surface area contributed by atoms with E-state index in [0.717, 1.165) is 11.3 Å². The monoisotopic (exact) mass is 417 g/mol. The van der Waals surface area contributed by atoms with Crippen LogP contribution in [0.4, 0.5) is 11.5 Å². The highest BCUT2D eigenvalue weighted by molar-refractivity contribution is 7.71. The van der Waals surface area contributed by atoms with Gasteiger partial charge in [-0.2, -0.15) is 10.5 Å². The Morgan fingerprint density at radius 2 is 1.66 bits per heavy atom. The van der Waals surface area contributed by atoms with E-state index in [1.807, 2.05) is 23.6 Å². The lowest BCUT2D eigenvalue weighted by Crippen LogP contribution is -2.38. The molecule has 0 aliphatic carbocycles. The maximum absolute atomic E-state index is 9.93. The van der Waals surface area contributed by atoms with E-state index in [1.54, 1.807) is 24.3 Å². The van der Waals surface area contributed by atoms with Crippen molar-refractivity contribution in [2.45, 2.75) is 13.6 Å². The molecule has 0 saturated carbocycles. The van der Waals surface area contributed by atoms with Crippen molar-refractivity contribution in [2.75, 3.05) is 16.9 Å². The number of hydrogen-bond donors (Lipinski definition) is 1. The van der Waals surface area contributed by atoms with Crippen molar-refractivity contribution in [3.63, 3.8) is 0 Å². The molecule has 0 bridgehead atoms. The van der Waals surface area contributed by atoms with Gasteiger partial charge in [0, 0.05) is 16.3 Å². The predicted octanol–water partition coefficient (Wildman–Crippen LogP) is 5.44. The summed E-state index contributed by atoms with van der Waals surface area (Å²) in [6.07, 6.45) is 0. The van der Waals surface area contributed by atoms with Crippen molar-refractivity contribution >= 4 is 35.3 Å². The van der Waals surface area contributed by atoms with Crippen LogP contribution in [0.25, 0.3) is 11.1 Å². The molecule has 0 spiro atoms. The number of anilines is 2. The molecular formula is C22H16ClN5S. The van der Waals surface area contributed by atoms with Crippen molar-refractivity contribution < 1.29 is 0 Å². The van der Waals surface area contributed by atoms with Gasteiger partial charge >= 0.3 is 0 Å². The molecule has 0 fully saturated rings. The molecule has 3 aromatic rings. The summed E-state index contributed by atoms with van der Waals surface area (Å²) in [7, 11) is 0. The summed E-state index contributed by atoms with van der Waals surface area (Å²) in [6.45, 7) is 3.02. The van der Waals surface area contributed by atoms with E-state index in [9.17, 15) is 10.5 Å². The van der Waals surface area contributed by atoms with E-state index < -0.39 is 0 Å². The Morgan fingerprint density at radius 3 is 2.28 bits per heavy atom. The fourth-order valence-corrected chi connectivity index (χ4v) is 3.90. The van der Waals surface area contributed by atoms with Crippen LogP contribution in [0.2, 0.25) is 5.02 Å². The van der Waals surface area contributed by atoms with Gasteiger partial charge < -0.3 is 10.2 Å². The minimum absolute atomic E-state index is 0.315. The number of rotatable bonds is 2. The summed E-state index contributed by atoms with van der Waals surface area (Å²) < 4.78 is 2.21. The first-order valence-corrected chi connectivity index (χ1v) is 9.74. The summed E-state index contributed by atoms with van der Waals surface area (Å²) in [5, 5.41) is 23.7. The molecule has 0 atom stereocenters. The molecule has 0 saturated heterocycles. The number of fused-ring (bicyclic) bond motifs is 1. The van der Waals surface area contributed by atoms with Crippen LogP contribution in [0.5, 0.6) is 0 Å². The molecule has 0 radical (unpaired) electrons. The zero-order chi connectivity index (χ0) is 20.5. The smallest absolute Gasteiger partial charge is 0.128 e. The summed E-state index contributed by atoms with van der Waals surface area (Å²) in [6, 6.07) is 19.7. The minimum atomic E-state index is 0.315. The van der Waals surface area contributed by atoms with Crippen molar-refractivity contribution in [1.29, 1.82) is 10.5 Å². The quantitative estimate of drug-likeness (QED) is 0.562. The van der Waals surface area contributed by atoms with Crippen LogP contribution in [0, 0.1) is 34.2 Å². The molecule has 4 rings (SSSR count). The molecule has 1 N–H and O–H groups in total. The average molecular weight is 418 g/mol. The van der Waals surface area contributed by atoms with Crippen LogP contribution in [0.3, 0.4) is 0 Å². The first kappa shape index (κ1) is 19.0. The largest absolute Gasteiger partial charge is 0.353 e. The molecule has 142 valence electrons. The first-order valence-electron chi connectivity index (χ1n) is 8.96. The van der Waals surface area contributed by atoms with Crippen LogP contribution in [-0.4, -0.2) is 11.2 Å². The number of halogens is 1. The van der Waals surface area contributed by atoms with Gasteiger partial charge in [-0.3, -0.25) is 4.57 Å². The van der Waals surface area contributed by atoms with Gasteiger partial charge in [-0.05, 0) is 36.8 Å². The second-order valence-corrected chi connectivity index (χ2v) is 7.61. The van der Waals surface area contributed by atoms with E-state index in [4.69, 9.17) is 23.8 Å². The van der Waals surface area contributed by atoms with Crippen LogP contribution >= 0.6 is 23.8 Å². The molecule has 1 aliphatic heterocycles. The SMILES string of the molecule is Cc1ccc(N2CNc3c(C#N)c(-c4ccc(Cl)cc4)c(C#N)c(=S)n3C2)cc1. The zero-order valence-corrected chi connectivity index (χ0v) is 17.2. The van der Waals surface area contributed by atoms with E-state index >= 15 is 0 Å². The number of nitriles is 2. The van der Waals surface area contributed by atoms with Gasteiger partial charge in [-0.15, -0.1) is 0 Å². The van der Waals surface area contributed by atoms with Crippen molar-refractivity contribution in [3.8, 4) is 23.3 Å². The molecule has 2 aromatic carbocycles. The highest BCUT2D eigenvalue weighted by atomic mass is 35.5. The summed E-state index contributed by atoms with van der Waals surface area (Å²) in [4.78, 5) is 2.10. The molecule has 1 aromatic heterocycles. The Hall–Kier alpha value is -3.32. The fraction of sp³-hybridized carbons (Fsp3) is 0.136. The third kappa shape index (κ3) is 3.34. The van der Waals surface area contributed by atoms with E-state index in [1.165, 1.54) is 5.56 Å². The Bertz CT molecular complexity index is 1230. The second-order valence-electron chi connectivity index (χ2n) is 6.79. The fourth-order valence-electron chi connectivity index (χ4n) is 3.48. The lowest BCUT2D eigenvalue weighted by atomic mass is 9.96. The van der Waals surface area contributed by atoms with Gasteiger partial charge in [-0.25, -0.2) is 0 Å². The van der Waals surface area contributed by atoms with Crippen molar-refractivity contribution in [3.05, 3.63) is 74.9 Å². The third-order valence-corrected chi connectivity index (χ3v) is 5.65. The number of nitrogens with zero attached hydrogens (tertiary/aromatic N) is 4. The molecule has 0 unspecified atom stereocenters. The van der Waals surface area contributed by atoms with Crippen LogP contribution < -0.4 is 10.2 Å². The Kier molecular flexibility index (Phi) is 4.98. The number of hydrogen-bond acceptors (Lipinski definition) is 5. The maximum atomic E-state index is 9.93. The Labute approximate surface area is 179 Å². The number of aromatic nitrogens is 1. The molecule has 7 heteroatoms. The number of benzene rings is 2. The van der Waals surface area contributed by atoms with Gasteiger partial charge in [0.15, 0.2) is 0 Å². The first-order chi connectivity index (χ1) is 14.0. The van der Waals surface area contributed by atoms with Gasteiger partial charge in [0.2, 0.25) is 0 Å². The normalized spacial score (nSPS) is 12.5. The predicted molar refractivity (Wildman–Crippen MR) is 117 cm³/mol. The van der Waals surface area contributed by atoms with Gasteiger partial charge in [0.25, 0.3) is 0 Å². The molecule has 0 amide bonds. The molecular weight excluding hydrogens is 402 g/mol. The Balaban J connectivity index is 1.88.